The second-order valence-corrected chi connectivity index (χ2v) is 9.81. The van der Waals surface area contributed by atoms with Crippen molar-refractivity contribution in [1.29, 1.82) is 10.5 Å². The van der Waals surface area contributed by atoms with Gasteiger partial charge in [0, 0.05) is 16.2 Å². The summed E-state index contributed by atoms with van der Waals surface area (Å²) in [5.74, 6) is 1.63. The number of pyridine rings is 1. The summed E-state index contributed by atoms with van der Waals surface area (Å²) < 4.78 is 4.36. The van der Waals surface area contributed by atoms with E-state index < -0.39 is 5.41 Å². The maximum Gasteiger partial charge on any atom is 0.140 e. The summed E-state index contributed by atoms with van der Waals surface area (Å²) in [5.41, 5.74) is 5.48. The molecule has 1 atom stereocenters. The van der Waals surface area contributed by atoms with E-state index in [0.29, 0.717) is 12.0 Å². The van der Waals surface area contributed by atoms with E-state index in [9.17, 15) is 10.5 Å². The van der Waals surface area contributed by atoms with Gasteiger partial charge in [0.1, 0.15) is 11.6 Å². The maximum atomic E-state index is 9.78. The second-order valence-electron chi connectivity index (χ2n) is 9.81. The van der Waals surface area contributed by atoms with E-state index in [1.807, 2.05) is 73.7 Å². The molecule has 5 nitrogen and oxygen atoms in total. The molecule has 3 aromatic carbocycles. The predicted octanol–water partition coefficient (Wildman–Crippen LogP) is 7.09. The third-order valence-electron chi connectivity index (χ3n) is 7.41. The first kappa shape index (κ1) is 21.2. The monoisotopic (exact) mass is 475 g/mol. The minimum atomic E-state index is -0.525. The quantitative estimate of drug-likeness (QED) is 0.268. The van der Waals surface area contributed by atoms with Gasteiger partial charge in [-0.1, -0.05) is 48.5 Å². The largest absolute Gasteiger partial charge is 0.294 e. The highest BCUT2D eigenvalue weighted by Gasteiger charge is 2.30. The maximum absolute atomic E-state index is 9.78. The van der Waals surface area contributed by atoms with E-state index in [0.717, 1.165) is 50.0 Å². The number of rotatable bonds is 2. The third-order valence-corrected chi connectivity index (χ3v) is 7.41. The molecular weight excluding hydrogens is 454 g/mol. The summed E-state index contributed by atoms with van der Waals surface area (Å²) in [5, 5.41) is 22.5. The Morgan fingerprint density at radius 1 is 0.757 bits per heavy atom. The van der Waals surface area contributed by atoms with Crippen LogP contribution in [0.3, 0.4) is 0 Å². The van der Waals surface area contributed by atoms with Crippen LogP contribution in [0, 0.1) is 28.1 Å². The number of benzene rings is 3. The normalized spacial score (nSPS) is 16.6. The Morgan fingerprint density at radius 2 is 1.43 bits per heavy atom. The molecule has 7 rings (SSSR count). The molecule has 1 aliphatic rings. The van der Waals surface area contributed by atoms with E-state index in [-0.39, 0.29) is 0 Å². The second kappa shape index (κ2) is 7.68. The molecule has 0 saturated carbocycles. The van der Waals surface area contributed by atoms with Crippen LogP contribution < -0.4 is 0 Å². The lowest BCUT2D eigenvalue weighted by Crippen LogP contribution is -2.18. The summed E-state index contributed by atoms with van der Waals surface area (Å²) in [6.45, 7) is 1.98. The number of nitrogens with zero attached hydrogens (tertiary/aromatic N) is 5. The summed E-state index contributed by atoms with van der Waals surface area (Å²) in [4.78, 5) is 5.18. The first-order valence-corrected chi connectivity index (χ1v) is 12.2. The third kappa shape index (κ3) is 3.05. The van der Waals surface area contributed by atoms with Crippen LogP contribution in [-0.2, 0) is 6.42 Å². The van der Waals surface area contributed by atoms with E-state index in [1.165, 1.54) is 5.56 Å². The lowest BCUT2D eigenvalue weighted by molar-refractivity contribution is 0.561. The number of hydrogen-bond acceptors (Lipinski definition) is 3. The number of fused-ring (bicyclic) bond motifs is 6. The van der Waals surface area contributed by atoms with Crippen LogP contribution in [-0.4, -0.2) is 14.1 Å². The molecule has 0 aliphatic heterocycles. The van der Waals surface area contributed by atoms with E-state index in [4.69, 9.17) is 4.98 Å². The molecule has 174 valence electrons. The van der Waals surface area contributed by atoms with Crippen LogP contribution in [0.25, 0.3) is 50.4 Å². The zero-order valence-corrected chi connectivity index (χ0v) is 20.2. The van der Waals surface area contributed by atoms with Crippen molar-refractivity contribution in [3.05, 3.63) is 108 Å². The molecule has 0 radical (unpaired) electrons. The van der Waals surface area contributed by atoms with Gasteiger partial charge >= 0.3 is 0 Å². The molecule has 5 heteroatoms. The highest BCUT2D eigenvalue weighted by molar-refractivity contribution is 6.09. The molecule has 6 aromatic rings. The molecule has 37 heavy (non-hydrogen) atoms. The molecule has 0 spiro atoms. The average molecular weight is 476 g/mol. The van der Waals surface area contributed by atoms with Crippen molar-refractivity contribution in [2.45, 2.75) is 13.3 Å². The van der Waals surface area contributed by atoms with Gasteiger partial charge in [0.25, 0.3) is 0 Å². The zero-order chi connectivity index (χ0) is 25.1. The molecule has 3 aromatic heterocycles. The first-order valence-electron chi connectivity index (χ1n) is 12.2. The van der Waals surface area contributed by atoms with Crippen molar-refractivity contribution >= 4 is 38.8 Å². The number of para-hydroxylation sites is 2. The van der Waals surface area contributed by atoms with Gasteiger partial charge in [-0.25, -0.2) is 4.98 Å². The molecule has 0 N–H and O–H groups in total. The fourth-order valence-corrected chi connectivity index (χ4v) is 5.65. The smallest absolute Gasteiger partial charge is 0.140 e. The van der Waals surface area contributed by atoms with Crippen molar-refractivity contribution in [2.75, 3.05) is 0 Å². The minimum Gasteiger partial charge on any atom is -0.294 e. The molecular formula is C32H21N5. The highest BCUT2D eigenvalue weighted by atomic mass is 15.1. The van der Waals surface area contributed by atoms with Crippen LogP contribution in [0.2, 0.25) is 0 Å². The Morgan fingerprint density at radius 3 is 2.19 bits per heavy atom. The van der Waals surface area contributed by atoms with Gasteiger partial charge in [0.2, 0.25) is 0 Å². The topological polar surface area (TPSA) is 70.3 Å². The van der Waals surface area contributed by atoms with Crippen LogP contribution in [0.15, 0.2) is 91.0 Å². The molecule has 0 bridgehead atoms. The summed E-state index contributed by atoms with van der Waals surface area (Å²) in [7, 11) is 0. The Bertz CT molecular complexity index is 2010. The summed E-state index contributed by atoms with van der Waals surface area (Å²) in [6, 6.07) is 33.2. The number of allylic oxidation sites excluding steroid dienone is 1. The van der Waals surface area contributed by atoms with E-state index >= 15 is 0 Å². The van der Waals surface area contributed by atoms with E-state index in [2.05, 4.69) is 51.6 Å². The van der Waals surface area contributed by atoms with Crippen molar-refractivity contribution in [2.24, 2.45) is 5.41 Å². The Labute approximate surface area is 213 Å². The van der Waals surface area contributed by atoms with Crippen LogP contribution >= 0.6 is 0 Å². The van der Waals surface area contributed by atoms with Crippen molar-refractivity contribution in [3.8, 4) is 23.8 Å². The fourth-order valence-electron chi connectivity index (χ4n) is 5.65. The van der Waals surface area contributed by atoms with Gasteiger partial charge in [-0.05, 0) is 67.4 Å². The molecule has 0 amide bonds. The minimum absolute atomic E-state index is 0.525. The Kier molecular flexibility index (Phi) is 4.40. The predicted molar refractivity (Wildman–Crippen MR) is 147 cm³/mol. The van der Waals surface area contributed by atoms with Gasteiger partial charge in [-0.15, -0.1) is 0 Å². The summed E-state index contributed by atoms with van der Waals surface area (Å²) >= 11 is 0. The van der Waals surface area contributed by atoms with Crippen LogP contribution in [0.5, 0.6) is 0 Å². The standard InChI is InChI=1S/C32H21N5/c1-32(20-34)16-15-29-25(18-32)23-8-3-5-10-27(23)37(29)31-12-6-11-30(35-31)36-26-9-4-2-7-22(26)24-17-21(19-33)13-14-28(24)36/h2-17H,18H2,1H3. The van der Waals surface area contributed by atoms with Gasteiger partial charge in [0.05, 0.1) is 45.4 Å². The van der Waals surface area contributed by atoms with E-state index in [1.54, 1.807) is 0 Å². The average Bonchev–Trinajstić information content (AvgIpc) is 3.45. The van der Waals surface area contributed by atoms with Gasteiger partial charge in [0.15, 0.2) is 0 Å². The highest BCUT2D eigenvalue weighted by Crippen LogP contribution is 2.39. The lowest BCUT2D eigenvalue weighted by atomic mass is 9.80. The Balaban J connectivity index is 1.49. The van der Waals surface area contributed by atoms with Gasteiger partial charge in [-0.2, -0.15) is 10.5 Å². The van der Waals surface area contributed by atoms with Crippen LogP contribution in [0.4, 0.5) is 0 Å². The van der Waals surface area contributed by atoms with Crippen molar-refractivity contribution in [3.63, 3.8) is 0 Å². The van der Waals surface area contributed by atoms with Gasteiger partial charge < -0.3 is 0 Å². The van der Waals surface area contributed by atoms with Crippen molar-refractivity contribution < 1.29 is 0 Å². The molecule has 1 unspecified atom stereocenters. The zero-order valence-electron chi connectivity index (χ0n) is 20.2. The molecule has 3 heterocycles. The molecule has 0 saturated heterocycles. The summed E-state index contributed by atoms with van der Waals surface area (Å²) in [6.07, 6.45) is 4.74. The molecule has 0 fully saturated rings. The van der Waals surface area contributed by atoms with Gasteiger partial charge in [-0.3, -0.25) is 9.13 Å². The number of hydrogen-bond donors (Lipinski definition) is 0. The fraction of sp³-hybridized carbons (Fsp3) is 0.0938. The lowest BCUT2D eigenvalue weighted by Gasteiger charge is -2.22. The van der Waals surface area contributed by atoms with Crippen LogP contribution in [0.1, 0.15) is 23.7 Å². The van der Waals surface area contributed by atoms with Crippen molar-refractivity contribution in [1.82, 2.24) is 14.1 Å². The SMILES string of the molecule is CC1(C#N)C=Cc2c(c3ccccc3n2-c2cccc(-n3c4ccccc4c4cc(C#N)ccc43)n2)C1. The number of nitriles is 2. The first-order chi connectivity index (χ1) is 18.1. The molecule has 1 aliphatic carbocycles. The number of aromatic nitrogens is 3. The Hall–Kier alpha value is -5.13.